The number of rotatable bonds is 9. The van der Waals surface area contributed by atoms with Gasteiger partial charge in [-0.15, -0.1) is 0 Å². The number of benzene rings is 2. The van der Waals surface area contributed by atoms with Gasteiger partial charge in [0, 0.05) is 28.0 Å². The summed E-state index contributed by atoms with van der Waals surface area (Å²) >= 11 is 1.44. The lowest BCUT2D eigenvalue weighted by Crippen LogP contribution is -2.44. The lowest BCUT2D eigenvalue weighted by molar-refractivity contribution is -0.141. The summed E-state index contributed by atoms with van der Waals surface area (Å²) in [6.45, 7) is 1.45. The van der Waals surface area contributed by atoms with Crippen LogP contribution in [0.3, 0.4) is 0 Å². The highest BCUT2D eigenvalue weighted by Crippen LogP contribution is 2.32. The van der Waals surface area contributed by atoms with Crippen molar-refractivity contribution in [2.45, 2.75) is 44.4 Å². The predicted octanol–water partition coefficient (Wildman–Crippen LogP) is 3.86. The van der Waals surface area contributed by atoms with Crippen molar-refractivity contribution in [3.8, 4) is 5.75 Å². The largest absolute Gasteiger partial charge is 0.483 e. The van der Waals surface area contributed by atoms with E-state index in [-0.39, 0.29) is 18.0 Å². The molecule has 0 spiro atoms. The molecule has 34 heavy (non-hydrogen) atoms. The second-order valence-corrected chi connectivity index (χ2v) is 9.40. The van der Waals surface area contributed by atoms with Crippen molar-refractivity contribution in [2.24, 2.45) is 0 Å². The summed E-state index contributed by atoms with van der Waals surface area (Å²) < 4.78 is 11.3. The van der Waals surface area contributed by atoms with E-state index in [2.05, 4.69) is 5.32 Å². The zero-order valence-electron chi connectivity index (χ0n) is 19.0. The maximum Gasteiger partial charge on any atom is 0.339 e. The fraction of sp³-hybridized carbons (Fsp3) is 0.346. The average Bonchev–Trinajstić information content (AvgIpc) is 2.84. The molecule has 1 heterocycles. The zero-order chi connectivity index (χ0) is 24.1. The van der Waals surface area contributed by atoms with Gasteiger partial charge in [0.2, 0.25) is 0 Å². The smallest absolute Gasteiger partial charge is 0.339 e. The van der Waals surface area contributed by atoms with Crippen molar-refractivity contribution in [3.05, 3.63) is 75.1 Å². The molecule has 1 amide bonds. The van der Waals surface area contributed by atoms with E-state index >= 15 is 0 Å². The number of hydrogen-bond acceptors (Lipinski definition) is 6. The van der Waals surface area contributed by atoms with Crippen molar-refractivity contribution in [1.82, 2.24) is 5.32 Å². The molecule has 7 nitrogen and oxygen atoms in total. The monoisotopic (exact) mass is 481 g/mol. The lowest BCUT2D eigenvalue weighted by Gasteiger charge is -2.18. The molecule has 2 aromatic carbocycles. The molecule has 0 bridgehead atoms. The van der Waals surface area contributed by atoms with E-state index in [9.17, 15) is 19.5 Å². The summed E-state index contributed by atoms with van der Waals surface area (Å²) in [6.07, 6.45) is 3.61. The molecule has 4 rings (SSSR count). The standard InChI is InChI=1S/C26H27NO6S/c1-16-22(12-11-19-18-9-5-6-10-20(18)26(31)33-24(16)19)32-13-23(28)27-21(25(29)30)15-34-14-17-7-3-2-4-8-17/h2-4,7-8,11-12,21H,5-6,9-10,13-15H2,1H3,(H,27,28)(H,29,30)/t21-/m0/s1. The summed E-state index contributed by atoms with van der Waals surface area (Å²) in [5.41, 5.74) is 3.70. The van der Waals surface area contributed by atoms with Crippen LogP contribution in [0.15, 0.2) is 51.7 Å². The quantitative estimate of drug-likeness (QED) is 0.447. The first-order valence-corrected chi connectivity index (χ1v) is 12.4. The normalized spacial score (nSPS) is 13.8. The van der Waals surface area contributed by atoms with Crippen LogP contribution >= 0.6 is 11.8 Å². The Morgan fingerprint density at radius 1 is 1.12 bits per heavy atom. The molecule has 1 aromatic heterocycles. The van der Waals surface area contributed by atoms with Crippen molar-refractivity contribution in [3.63, 3.8) is 0 Å². The highest BCUT2D eigenvalue weighted by atomic mass is 32.2. The number of carbonyl (C=O) groups excluding carboxylic acids is 1. The predicted molar refractivity (Wildman–Crippen MR) is 132 cm³/mol. The molecule has 178 valence electrons. The fourth-order valence-electron chi connectivity index (χ4n) is 4.20. The number of aryl methyl sites for hydroxylation is 2. The second kappa shape index (κ2) is 10.8. The molecule has 0 saturated heterocycles. The number of fused-ring (bicyclic) bond motifs is 3. The first-order chi connectivity index (χ1) is 16.4. The van der Waals surface area contributed by atoms with Crippen LogP contribution < -0.4 is 15.7 Å². The molecular formula is C26H27NO6S. The zero-order valence-corrected chi connectivity index (χ0v) is 19.8. The van der Waals surface area contributed by atoms with Gasteiger partial charge in [0.25, 0.3) is 5.91 Å². The third-order valence-corrected chi connectivity index (χ3v) is 7.08. The number of ether oxygens (including phenoxy) is 1. The average molecular weight is 482 g/mol. The van der Waals surface area contributed by atoms with Crippen molar-refractivity contribution >= 4 is 34.6 Å². The van der Waals surface area contributed by atoms with Crippen molar-refractivity contribution in [2.75, 3.05) is 12.4 Å². The minimum Gasteiger partial charge on any atom is -0.483 e. The van der Waals surface area contributed by atoms with Gasteiger partial charge in [0.05, 0.1) is 0 Å². The van der Waals surface area contributed by atoms with Crippen molar-refractivity contribution in [1.29, 1.82) is 0 Å². The third-order valence-electron chi connectivity index (χ3n) is 5.98. The van der Waals surface area contributed by atoms with E-state index in [4.69, 9.17) is 9.15 Å². The van der Waals surface area contributed by atoms with E-state index in [0.29, 0.717) is 22.6 Å². The Labute approximate surface area is 201 Å². The number of aliphatic carboxylic acids is 1. The van der Waals surface area contributed by atoms with Gasteiger partial charge in [-0.05, 0) is 55.9 Å². The van der Waals surface area contributed by atoms with Crippen LogP contribution in [0.1, 0.15) is 35.1 Å². The van der Waals surface area contributed by atoms with Crippen LogP contribution in [-0.4, -0.2) is 35.4 Å². The number of amides is 1. The van der Waals surface area contributed by atoms with E-state index in [0.717, 1.165) is 47.8 Å². The van der Waals surface area contributed by atoms with E-state index in [1.54, 1.807) is 13.0 Å². The Balaban J connectivity index is 1.38. The Morgan fingerprint density at radius 2 is 1.85 bits per heavy atom. The van der Waals surface area contributed by atoms with Crippen LogP contribution in [0.2, 0.25) is 0 Å². The highest BCUT2D eigenvalue weighted by molar-refractivity contribution is 7.98. The van der Waals surface area contributed by atoms with E-state index in [1.807, 2.05) is 36.4 Å². The maximum absolute atomic E-state index is 12.4. The summed E-state index contributed by atoms with van der Waals surface area (Å²) in [4.78, 5) is 36.4. The van der Waals surface area contributed by atoms with Crippen molar-refractivity contribution < 1.29 is 23.8 Å². The van der Waals surface area contributed by atoms with Crippen LogP contribution in [0.25, 0.3) is 11.0 Å². The Kier molecular flexibility index (Phi) is 7.57. The molecule has 0 unspecified atom stereocenters. The summed E-state index contributed by atoms with van der Waals surface area (Å²) in [6, 6.07) is 12.3. The van der Waals surface area contributed by atoms with Gasteiger partial charge in [-0.25, -0.2) is 9.59 Å². The minimum atomic E-state index is -1.10. The molecular weight excluding hydrogens is 454 g/mol. The van der Waals surface area contributed by atoms with Crippen LogP contribution in [0.4, 0.5) is 0 Å². The minimum absolute atomic E-state index is 0.237. The first kappa shape index (κ1) is 23.9. The molecule has 1 aliphatic rings. The fourth-order valence-corrected chi connectivity index (χ4v) is 5.21. The molecule has 0 fully saturated rings. The Morgan fingerprint density at radius 3 is 2.59 bits per heavy atom. The topological polar surface area (TPSA) is 106 Å². The van der Waals surface area contributed by atoms with Gasteiger partial charge in [-0.3, -0.25) is 4.79 Å². The molecule has 0 aliphatic heterocycles. The number of thioether (sulfide) groups is 1. The second-order valence-electron chi connectivity index (χ2n) is 8.37. The molecule has 3 aromatic rings. The van der Waals surface area contributed by atoms with Gasteiger partial charge in [0.15, 0.2) is 6.61 Å². The molecule has 1 aliphatic carbocycles. The summed E-state index contributed by atoms with van der Waals surface area (Å²) in [7, 11) is 0. The van der Waals surface area contributed by atoms with E-state index in [1.165, 1.54) is 11.8 Å². The third kappa shape index (κ3) is 5.44. The lowest BCUT2D eigenvalue weighted by atomic mass is 9.90. The molecule has 0 saturated carbocycles. The van der Waals surface area contributed by atoms with Gasteiger partial charge in [-0.2, -0.15) is 11.8 Å². The van der Waals surface area contributed by atoms with Gasteiger partial charge < -0.3 is 19.6 Å². The van der Waals surface area contributed by atoms with Crippen LogP contribution in [0.5, 0.6) is 5.75 Å². The SMILES string of the molecule is Cc1c(OCC(=O)N[C@@H](CSCc2ccccc2)C(=O)O)ccc2c3c(c(=O)oc12)CCCC3. The van der Waals surface area contributed by atoms with Gasteiger partial charge >= 0.3 is 11.6 Å². The number of carbonyl (C=O) groups is 2. The maximum atomic E-state index is 12.4. The molecule has 2 N–H and O–H groups in total. The number of carboxylic acids is 1. The molecule has 8 heteroatoms. The van der Waals surface area contributed by atoms with E-state index < -0.39 is 17.9 Å². The highest BCUT2D eigenvalue weighted by Gasteiger charge is 2.22. The Hall–Kier alpha value is -3.26. The first-order valence-electron chi connectivity index (χ1n) is 11.3. The number of hydrogen-bond donors (Lipinski definition) is 2. The molecule has 0 radical (unpaired) electrons. The summed E-state index contributed by atoms with van der Waals surface area (Å²) in [5, 5.41) is 12.9. The van der Waals surface area contributed by atoms with Gasteiger partial charge in [-0.1, -0.05) is 30.3 Å². The number of nitrogens with one attached hydrogen (secondary N) is 1. The summed E-state index contributed by atoms with van der Waals surface area (Å²) in [5.74, 6) is -0.308. The number of carboxylic acid groups (broad SMARTS) is 1. The van der Waals surface area contributed by atoms with Gasteiger partial charge in [0.1, 0.15) is 17.4 Å². The van der Waals surface area contributed by atoms with Crippen LogP contribution in [-0.2, 0) is 28.2 Å². The van der Waals surface area contributed by atoms with Crippen LogP contribution in [0, 0.1) is 6.92 Å². The molecule has 1 atom stereocenters. The Bertz CT molecular complexity index is 1250.